The van der Waals surface area contributed by atoms with Crippen molar-refractivity contribution in [2.45, 2.75) is 19.4 Å². The predicted molar refractivity (Wildman–Crippen MR) is 108 cm³/mol. The first-order chi connectivity index (χ1) is 13.8. The molecule has 2 aromatic rings. The van der Waals surface area contributed by atoms with E-state index >= 15 is 0 Å². The second-order valence-electron chi connectivity index (χ2n) is 6.06. The van der Waals surface area contributed by atoms with Crippen molar-refractivity contribution in [2.75, 3.05) is 18.1 Å². The van der Waals surface area contributed by atoms with E-state index in [1.165, 1.54) is 36.1 Å². The molecule has 0 fully saturated rings. The summed E-state index contributed by atoms with van der Waals surface area (Å²) in [5.74, 6) is -1.91. The molecule has 154 valence electrons. The van der Waals surface area contributed by atoms with Crippen LogP contribution in [0.1, 0.15) is 13.3 Å². The van der Waals surface area contributed by atoms with Crippen molar-refractivity contribution in [3.63, 3.8) is 0 Å². The number of anilines is 1. The standard InChI is InChI=1S/C20H20BrFN2O5/c1-13(29-17-8-2-14(21)3-9-17)20(27)28-12-19(26)24(11-10-18(23)25)16-6-4-15(22)5-7-16/h2-9,13H,10-12H2,1H3,(H2,23,25). The summed E-state index contributed by atoms with van der Waals surface area (Å²) >= 11 is 3.30. The van der Waals surface area contributed by atoms with Crippen molar-refractivity contribution in [2.24, 2.45) is 5.73 Å². The number of benzene rings is 2. The van der Waals surface area contributed by atoms with Crippen LogP contribution in [0.25, 0.3) is 0 Å². The molecule has 0 heterocycles. The maximum absolute atomic E-state index is 13.1. The van der Waals surface area contributed by atoms with Crippen molar-refractivity contribution in [3.05, 3.63) is 58.8 Å². The number of esters is 1. The Morgan fingerprint density at radius 3 is 2.31 bits per heavy atom. The zero-order valence-corrected chi connectivity index (χ0v) is 17.2. The van der Waals surface area contributed by atoms with Gasteiger partial charge in [0.05, 0.1) is 0 Å². The van der Waals surface area contributed by atoms with Crippen LogP contribution in [0.2, 0.25) is 0 Å². The Morgan fingerprint density at radius 2 is 1.72 bits per heavy atom. The van der Waals surface area contributed by atoms with Crippen LogP contribution in [0.3, 0.4) is 0 Å². The van der Waals surface area contributed by atoms with E-state index < -0.39 is 36.3 Å². The van der Waals surface area contributed by atoms with Gasteiger partial charge in [-0.25, -0.2) is 9.18 Å². The van der Waals surface area contributed by atoms with E-state index in [0.717, 1.165) is 4.47 Å². The molecule has 0 spiro atoms. The molecule has 2 rings (SSSR count). The normalized spacial score (nSPS) is 11.4. The van der Waals surface area contributed by atoms with Crippen LogP contribution >= 0.6 is 15.9 Å². The van der Waals surface area contributed by atoms with E-state index in [1.54, 1.807) is 24.3 Å². The number of nitrogens with zero attached hydrogens (tertiary/aromatic N) is 1. The van der Waals surface area contributed by atoms with Gasteiger partial charge in [0.15, 0.2) is 12.7 Å². The molecular formula is C20H20BrFN2O5. The summed E-state index contributed by atoms with van der Waals surface area (Å²) in [7, 11) is 0. The highest BCUT2D eigenvalue weighted by Gasteiger charge is 2.22. The lowest BCUT2D eigenvalue weighted by atomic mass is 10.2. The molecular weight excluding hydrogens is 447 g/mol. The van der Waals surface area contributed by atoms with Gasteiger partial charge in [-0.1, -0.05) is 15.9 Å². The highest BCUT2D eigenvalue weighted by molar-refractivity contribution is 9.10. The number of ether oxygens (including phenoxy) is 2. The highest BCUT2D eigenvalue weighted by atomic mass is 79.9. The third kappa shape index (κ3) is 7.19. The number of hydrogen-bond donors (Lipinski definition) is 1. The third-order valence-corrected chi connectivity index (χ3v) is 4.35. The second-order valence-corrected chi connectivity index (χ2v) is 6.98. The van der Waals surface area contributed by atoms with Gasteiger partial charge in [-0.15, -0.1) is 0 Å². The van der Waals surface area contributed by atoms with Crippen LogP contribution in [0.15, 0.2) is 53.0 Å². The molecule has 0 aromatic heterocycles. The van der Waals surface area contributed by atoms with Crippen LogP contribution in [0, 0.1) is 5.82 Å². The Morgan fingerprint density at radius 1 is 1.10 bits per heavy atom. The molecule has 0 aliphatic heterocycles. The molecule has 0 aliphatic carbocycles. The van der Waals surface area contributed by atoms with Crippen molar-refractivity contribution >= 4 is 39.4 Å². The van der Waals surface area contributed by atoms with E-state index in [9.17, 15) is 18.8 Å². The number of halogens is 2. The second kappa shape index (κ2) is 10.6. The Hall–Kier alpha value is -2.94. The lowest BCUT2D eigenvalue weighted by molar-refractivity contribution is -0.154. The van der Waals surface area contributed by atoms with Crippen molar-refractivity contribution in [3.8, 4) is 5.75 Å². The van der Waals surface area contributed by atoms with E-state index in [1.807, 2.05) is 0 Å². The van der Waals surface area contributed by atoms with Gasteiger partial charge in [-0.05, 0) is 55.5 Å². The van der Waals surface area contributed by atoms with Gasteiger partial charge in [0.25, 0.3) is 5.91 Å². The first-order valence-electron chi connectivity index (χ1n) is 8.69. The average molecular weight is 467 g/mol. The fraction of sp³-hybridized carbons (Fsp3) is 0.250. The molecule has 2 aromatic carbocycles. The van der Waals surface area contributed by atoms with Gasteiger partial charge in [0, 0.05) is 23.1 Å². The average Bonchev–Trinajstić information content (AvgIpc) is 2.69. The van der Waals surface area contributed by atoms with Crippen LogP contribution in [0.4, 0.5) is 10.1 Å². The fourth-order valence-electron chi connectivity index (χ4n) is 2.33. The molecule has 0 saturated carbocycles. The number of hydrogen-bond acceptors (Lipinski definition) is 5. The van der Waals surface area contributed by atoms with Gasteiger partial charge in [0.1, 0.15) is 11.6 Å². The summed E-state index contributed by atoms with van der Waals surface area (Å²) in [5, 5.41) is 0. The first-order valence-corrected chi connectivity index (χ1v) is 9.48. The van der Waals surface area contributed by atoms with Gasteiger partial charge < -0.3 is 20.1 Å². The summed E-state index contributed by atoms with van der Waals surface area (Å²) in [6.07, 6.45) is -1.03. The molecule has 0 radical (unpaired) electrons. The van der Waals surface area contributed by atoms with Gasteiger partial charge >= 0.3 is 5.97 Å². The van der Waals surface area contributed by atoms with Crippen LogP contribution < -0.4 is 15.4 Å². The quantitative estimate of drug-likeness (QED) is 0.572. The Kier molecular flexibility index (Phi) is 8.14. The monoisotopic (exact) mass is 466 g/mol. The molecule has 1 atom stereocenters. The summed E-state index contributed by atoms with van der Waals surface area (Å²) in [6, 6.07) is 12.0. The van der Waals surface area contributed by atoms with E-state index in [4.69, 9.17) is 15.2 Å². The minimum atomic E-state index is -0.936. The van der Waals surface area contributed by atoms with Crippen LogP contribution in [-0.2, 0) is 19.1 Å². The Balaban J connectivity index is 1.96. The zero-order valence-electron chi connectivity index (χ0n) is 15.6. The minimum absolute atomic E-state index is 0.0255. The first kappa shape index (κ1) is 22.4. The Labute approximate surface area is 175 Å². The largest absolute Gasteiger partial charge is 0.479 e. The number of rotatable bonds is 9. The lowest BCUT2D eigenvalue weighted by Crippen LogP contribution is -2.38. The number of amides is 2. The van der Waals surface area contributed by atoms with Crippen molar-refractivity contribution < 1.29 is 28.2 Å². The van der Waals surface area contributed by atoms with Crippen LogP contribution in [0.5, 0.6) is 5.75 Å². The molecule has 0 bridgehead atoms. The van der Waals surface area contributed by atoms with Crippen molar-refractivity contribution in [1.82, 2.24) is 0 Å². The summed E-state index contributed by atoms with van der Waals surface area (Å²) in [5.41, 5.74) is 5.50. The highest BCUT2D eigenvalue weighted by Crippen LogP contribution is 2.18. The topological polar surface area (TPSA) is 98.9 Å². The maximum atomic E-state index is 13.1. The number of carbonyl (C=O) groups excluding carboxylic acids is 3. The smallest absolute Gasteiger partial charge is 0.347 e. The molecule has 0 saturated heterocycles. The zero-order chi connectivity index (χ0) is 21.4. The third-order valence-electron chi connectivity index (χ3n) is 3.82. The maximum Gasteiger partial charge on any atom is 0.347 e. The molecule has 2 amide bonds. The van der Waals surface area contributed by atoms with Gasteiger partial charge in [-0.2, -0.15) is 0 Å². The number of primary amides is 1. The lowest BCUT2D eigenvalue weighted by Gasteiger charge is -2.22. The molecule has 29 heavy (non-hydrogen) atoms. The number of carbonyl (C=O) groups is 3. The minimum Gasteiger partial charge on any atom is -0.479 e. The molecule has 2 N–H and O–H groups in total. The summed E-state index contributed by atoms with van der Waals surface area (Å²) in [6.45, 7) is 0.908. The molecule has 0 aliphatic rings. The van der Waals surface area contributed by atoms with Gasteiger partial charge in [0.2, 0.25) is 5.91 Å². The molecule has 1 unspecified atom stereocenters. The molecule has 7 nitrogen and oxygen atoms in total. The molecule has 9 heteroatoms. The summed E-state index contributed by atoms with van der Waals surface area (Å²) in [4.78, 5) is 36.9. The van der Waals surface area contributed by atoms with Crippen LogP contribution in [-0.4, -0.2) is 37.0 Å². The van der Waals surface area contributed by atoms with Gasteiger partial charge in [-0.3, -0.25) is 9.59 Å². The SMILES string of the molecule is CC(Oc1ccc(Br)cc1)C(=O)OCC(=O)N(CCC(N)=O)c1ccc(F)cc1. The Bertz CT molecular complexity index is 858. The van der Waals surface area contributed by atoms with E-state index in [2.05, 4.69) is 15.9 Å². The van der Waals surface area contributed by atoms with Crippen molar-refractivity contribution in [1.29, 1.82) is 0 Å². The fourth-order valence-corrected chi connectivity index (χ4v) is 2.60. The summed E-state index contributed by atoms with van der Waals surface area (Å²) < 4.78 is 24.5. The van der Waals surface area contributed by atoms with E-state index in [-0.39, 0.29) is 13.0 Å². The number of nitrogens with two attached hydrogens (primary N) is 1. The predicted octanol–water partition coefficient (Wildman–Crippen LogP) is 2.81. The van der Waals surface area contributed by atoms with E-state index in [0.29, 0.717) is 11.4 Å².